The first-order chi connectivity index (χ1) is 10.7. The molecule has 0 aromatic carbocycles. The number of rotatable bonds is 5. The first-order valence-electron chi connectivity index (χ1n) is 9.24. The Balaban J connectivity index is 1.55. The molecule has 0 amide bonds. The number of fused-ring (bicyclic) bond motifs is 1. The van der Waals surface area contributed by atoms with Crippen LogP contribution in [0.25, 0.3) is 0 Å². The Morgan fingerprint density at radius 2 is 1.86 bits per heavy atom. The summed E-state index contributed by atoms with van der Waals surface area (Å²) in [6.45, 7) is 11.8. The van der Waals surface area contributed by atoms with Crippen molar-refractivity contribution in [3.05, 3.63) is 17.0 Å². The Morgan fingerprint density at radius 3 is 2.55 bits per heavy atom. The minimum atomic E-state index is 0.474. The van der Waals surface area contributed by atoms with Crippen molar-refractivity contribution in [3.63, 3.8) is 0 Å². The van der Waals surface area contributed by atoms with Crippen molar-refractivity contribution in [2.24, 2.45) is 5.92 Å². The molecule has 22 heavy (non-hydrogen) atoms. The summed E-state index contributed by atoms with van der Waals surface area (Å²) >= 11 is 0. The molecule has 1 aromatic rings. The molecular weight excluding hydrogens is 272 g/mol. The van der Waals surface area contributed by atoms with Crippen molar-refractivity contribution in [3.8, 4) is 0 Å². The van der Waals surface area contributed by atoms with Crippen LogP contribution in [-0.4, -0.2) is 45.8 Å². The van der Waals surface area contributed by atoms with Crippen LogP contribution in [-0.2, 0) is 19.5 Å². The molecule has 3 aliphatic rings. The lowest BCUT2D eigenvalue weighted by atomic mass is 10.0. The van der Waals surface area contributed by atoms with E-state index in [-0.39, 0.29) is 0 Å². The van der Waals surface area contributed by atoms with Crippen molar-refractivity contribution < 1.29 is 0 Å². The molecule has 1 aromatic heterocycles. The van der Waals surface area contributed by atoms with E-state index in [1.165, 1.54) is 69.7 Å². The molecule has 0 spiro atoms. The maximum atomic E-state index is 5.03. The molecule has 1 saturated carbocycles. The van der Waals surface area contributed by atoms with Crippen molar-refractivity contribution in [1.82, 2.24) is 19.6 Å². The van der Waals surface area contributed by atoms with E-state index in [2.05, 4.69) is 28.3 Å². The monoisotopic (exact) mass is 302 g/mol. The largest absolute Gasteiger partial charge is 0.297 e. The van der Waals surface area contributed by atoms with Gasteiger partial charge in [-0.05, 0) is 65.0 Å². The van der Waals surface area contributed by atoms with Gasteiger partial charge >= 0.3 is 0 Å². The summed E-state index contributed by atoms with van der Waals surface area (Å²) < 4.78 is 2.32. The summed E-state index contributed by atoms with van der Waals surface area (Å²) in [5.41, 5.74) is 4.46. The number of aromatic nitrogens is 2. The van der Waals surface area contributed by atoms with Gasteiger partial charge in [-0.25, -0.2) is 0 Å². The summed E-state index contributed by atoms with van der Waals surface area (Å²) in [6, 6.07) is 0.474. The highest BCUT2D eigenvalue weighted by Gasteiger charge is 2.30. The topological polar surface area (TPSA) is 24.3 Å². The fraction of sp³-hybridized carbons (Fsp3) is 0.833. The van der Waals surface area contributed by atoms with Gasteiger partial charge < -0.3 is 0 Å². The van der Waals surface area contributed by atoms with Crippen molar-refractivity contribution in [2.75, 3.05) is 26.2 Å². The molecule has 2 aliphatic heterocycles. The predicted octanol–water partition coefficient (Wildman–Crippen LogP) is 2.83. The van der Waals surface area contributed by atoms with Gasteiger partial charge in [0.05, 0.1) is 11.4 Å². The summed E-state index contributed by atoms with van der Waals surface area (Å²) in [5.74, 6) is 0.987. The van der Waals surface area contributed by atoms with E-state index in [1.54, 1.807) is 5.56 Å². The Kier molecular flexibility index (Phi) is 3.99. The van der Waals surface area contributed by atoms with Crippen molar-refractivity contribution in [1.29, 1.82) is 0 Å². The van der Waals surface area contributed by atoms with Crippen LogP contribution in [0.4, 0.5) is 0 Å². The minimum Gasteiger partial charge on any atom is -0.297 e. The molecule has 122 valence electrons. The van der Waals surface area contributed by atoms with Crippen molar-refractivity contribution in [2.45, 2.75) is 65.1 Å². The van der Waals surface area contributed by atoms with Gasteiger partial charge in [0.2, 0.25) is 0 Å². The zero-order chi connectivity index (χ0) is 15.1. The molecule has 1 aliphatic carbocycles. The fourth-order valence-electron chi connectivity index (χ4n) is 4.10. The Bertz CT molecular complexity index is 523. The van der Waals surface area contributed by atoms with E-state index < -0.39 is 0 Å². The van der Waals surface area contributed by atoms with Crippen molar-refractivity contribution >= 4 is 0 Å². The van der Waals surface area contributed by atoms with E-state index in [9.17, 15) is 0 Å². The van der Waals surface area contributed by atoms with Gasteiger partial charge in [0.25, 0.3) is 0 Å². The quantitative estimate of drug-likeness (QED) is 0.836. The van der Waals surface area contributed by atoms with E-state index in [0.29, 0.717) is 6.04 Å². The van der Waals surface area contributed by atoms with Gasteiger partial charge in [0, 0.05) is 37.8 Å². The molecular formula is C18H30N4. The maximum absolute atomic E-state index is 5.03. The predicted molar refractivity (Wildman–Crippen MR) is 88.8 cm³/mol. The van der Waals surface area contributed by atoms with Gasteiger partial charge in [-0.3, -0.25) is 14.5 Å². The first kappa shape index (κ1) is 14.7. The molecule has 1 saturated heterocycles. The lowest BCUT2D eigenvalue weighted by Gasteiger charge is -2.28. The zero-order valence-electron chi connectivity index (χ0n) is 14.2. The van der Waals surface area contributed by atoms with Crippen LogP contribution in [0.5, 0.6) is 0 Å². The number of likely N-dealkylation sites (tertiary alicyclic amines) is 1. The van der Waals surface area contributed by atoms with Crippen LogP contribution in [0.2, 0.25) is 0 Å². The Labute approximate surface area is 134 Å². The lowest BCUT2D eigenvalue weighted by molar-refractivity contribution is 0.233. The maximum Gasteiger partial charge on any atom is 0.0800 e. The second-order valence-electron chi connectivity index (χ2n) is 7.82. The summed E-state index contributed by atoms with van der Waals surface area (Å²) in [7, 11) is 0. The fourth-order valence-corrected chi connectivity index (χ4v) is 4.10. The van der Waals surface area contributed by atoms with Crippen LogP contribution in [0.1, 0.15) is 62.5 Å². The SMILES string of the molecule is CC(C)n1nc(CN2CCCC2)c2c1CN(CC1CC1)CC2. The summed E-state index contributed by atoms with van der Waals surface area (Å²) in [5, 5.41) is 5.03. The second kappa shape index (κ2) is 5.97. The van der Waals surface area contributed by atoms with Crippen LogP contribution in [0.3, 0.4) is 0 Å². The van der Waals surface area contributed by atoms with E-state index in [0.717, 1.165) is 19.0 Å². The average Bonchev–Trinajstić information content (AvgIpc) is 3.03. The first-order valence-corrected chi connectivity index (χ1v) is 9.24. The van der Waals surface area contributed by atoms with Crippen LogP contribution in [0.15, 0.2) is 0 Å². The summed E-state index contributed by atoms with van der Waals surface area (Å²) in [4.78, 5) is 5.25. The van der Waals surface area contributed by atoms with Gasteiger partial charge in [-0.15, -0.1) is 0 Å². The molecule has 0 radical (unpaired) electrons. The second-order valence-corrected chi connectivity index (χ2v) is 7.82. The number of nitrogens with zero attached hydrogens (tertiary/aromatic N) is 4. The standard InChI is InChI=1S/C18H30N4/c1-14(2)22-18-13-21(11-15-5-6-15)10-7-16(18)17(19-22)12-20-8-3-4-9-20/h14-15H,3-13H2,1-2H3. The zero-order valence-corrected chi connectivity index (χ0v) is 14.2. The number of hydrogen-bond acceptors (Lipinski definition) is 3. The molecule has 3 heterocycles. The molecule has 0 atom stereocenters. The number of hydrogen-bond donors (Lipinski definition) is 0. The van der Waals surface area contributed by atoms with Gasteiger partial charge in [0.15, 0.2) is 0 Å². The molecule has 0 bridgehead atoms. The lowest BCUT2D eigenvalue weighted by Crippen LogP contribution is -2.33. The van der Waals surface area contributed by atoms with E-state index in [1.807, 2.05) is 0 Å². The third-order valence-corrected chi connectivity index (χ3v) is 5.53. The normalized spacial score (nSPS) is 23.4. The Morgan fingerprint density at radius 1 is 1.09 bits per heavy atom. The molecule has 4 rings (SSSR count). The molecule has 0 N–H and O–H groups in total. The van der Waals surface area contributed by atoms with Gasteiger partial charge in [-0.2, -0.15) is 5.10 Å². The van der Waals surface area contributed by atoms with E-state index >= 15 is 0 Å². The average molecular weight is 302 g/mol. The van der Waals surface area contributed by atoms with Gasteiger partial charge in [-0.1, -0.05) is 0 Å². The van der Waals surface area contributed by atoms with Crippen LogP contribution < -0.4 is 0 Å². The Hall–Kier alpha value is -0.870. The molecule has 4 heteroatoms. The minimum absolute atomic E-state index is 0.474. The third kappa shape index (κ3) is 2.95. The highest BCUT2D eigenvalue weighted by molar-refractivity contribution is 5.29. The molecule has 2 fully saturated rings. The van der Waals surface area contributed by atoms with Crippen LogP contribution >= 0.6 is 0 Å². The highest BCUT2D eigenvalue weighted by Crippen LogP contribution is 2.33. The van der Waals surface area contributed by atoms with Crippen LogP contribution in [0, 0.1) is 5.92 Å². The molecule has 4 nitrogen and oxygen atoms in total. The smallest absolute Gasteiger partial charge is 0.0800 e. The van der Waals surface area contributed by atoms with Gasteiger partial charge in [0.1, 0.15) is 0 Å². The third-order valence-electron chi connectivity index (χ3n) is 5.53. The summed E-state index contributed by atoms with van der Waals surface area (Å²) in [6.07, 6.45) is 6.84. The van der Waals surface area contributed by atoms with E-state index in [4.69, 9.17) is 5.10 Å². The molecule has 0 unspecified atom stereocenters. The highest BCUT2D eigenvalue weighted by atomic mass is 15.3.